The maximum atomic E-state index is 5.81. The second-order valence-electron chi connectivity index (χ2n) is 6.80. The average molecular weight is 275 g/mol. The van der Waals surface area contributed by atoms with Crippen LogP contribution in [0.2, 0.25) is 0 Å². The zero-order chi connectivity index (χ0) is 14.9. The van der Waals surface area contributed by atoms with Gasteiger partial charge in [0.1, 0.15) is 0 Å². The lowest BCUT2D eigenvalue weighted by Gasteiger charge is -2.52. The third-order valence-corrected chi connectivity index (χ3v) is 4.89. The van der Waals surface area contributed by atoms with Crippen molar-refractivity contribution in [2.45, 2.75) is 66.2 Å². The number of rotatable bonds is 5. The Balaban J connectivity index is 2.01. The molecule has 0 heterocycles. The molecule has 2 heteroatoms. The van der Waals surface area contributed by atoms with E-state index < -0.39 is 0 Å². The molecule has 1 saturated carbocycles. The van der Waals surface area contributed by atoms with E-state index in [0.717, 1.165) is 13.0 Å². The van der Waals surface area contributed by atoms with Crippen molar-refractivity contribution in [3.8, 4) is 0 Å². The summed E-state index contributed by atoms with van der Waals surface area (Å²) in [6.45, 7) is 14.1. The Morgan fingerprint density at radius 1 is 1.35 bits per heavy atom. The predicted molar refractivity (Wildman–Crippen MR) is 85.1 cm³/mol. The van der Waals surface area contributed by atoms with E-state index in [1.807, 2.05) is 0 Å². The molecule has 3 atom stereocenters. The first kappa shape index (κ1) is 15.5. The molecule has 1 aromatic carbocycles. The van der Waals surface area contributed by atoms with Gasteiger partial charge in [-0.05, 0) is 45.2 Å². The van der Waals surface area contributed by atoms with E-state index in [1.165, 1.54) is 16.7 Å². The molecule has 2 nitrogen and oxygen atoms in total. The van der Waals surface area contributed by atoms with Crippen LogP contribution in [0.3, 0.4) is 0 Å². The number of hydrogen-bond donors (Lipinski definition) is 1. The molecule has 1 aliphatic carbocycles. The van der Waals surface area contributed by atoms with Crippen LogP contribution in [-0.4, -0.2) is 18.8 Å². The summed E-state index contributed by atoms with van der Waals surface area (Å²) < 4.78 is 5.81. The molecule has 0 saturated heterocycles. The lowest BCUT2D eigenvalue weighted by atomic mass is 9.64. The highest BCUT2D eigenvalue weighted by Crippen LogP contribution is 2.43. The molecule has 1 fully saturated rings. The first-order valence-corrected chi connectivity index (χ1v) is 7.81. The summed E-state index contributed by atoms with van der Waals surface area (Å²) in [6, 6.07) is 7.66. The maximum absolute atomic E-state index is 5.81. The molecule has 3 unspecified atom stereocenters. The number of aryl methyl sites for hydroxylation is 2. The standard InChI is InChI=1S/C18H29NO/c1-7-20-17-11-16(18(17,5)6)19-14(4)15-9-8-12(2)10-13(15)3/h8-10,14,16-17,19H,7,11H2,1-6H3. The number of ether oxygens (including phenoxy) is 1. The molecule has 0 spiro atoms. The second-order valence-corrected chi connectivity index (χ2v) is 6.80. The second kappa shape index (κ2) is 5.87. The Kier molecular flexibility index (Phi) is 4.55. The Morgan fingerprint density at radius 2 is 2.05 bits per heavy atom. The van der Waals surface area contributed by atoms with Crippen LogP contribution in [0.25, 0.3) is 0 Å². The fourth-order valence-electron chi connectivity index (χ4n) is 3.36. The lowest BCUT2D eigenvalue weighted by Crippen LogP contribution is -2.61. The molecule has 0 radical (unpaired) electrons. The third-order valence-electron chi connectivity index (χ3n) is 4.89. The van der Waals surface area contributed by atoms with Crippen LogP contribution in [0.5, 0.6) is 0 Å². The van der Waals surface area contributed by atoms with E-state index in [4.69, 9.17) is 4.74 Å². The summed E-state index contributed by atoms with van der Waals surface area (Å²) >= 11 is 0. The van der Waals surface area contributed by atoms with Crippen LogP contribution in [0.4, 0.5) is 0 Å². The van der Waals surface area contributed by atoms with E-state index in [-0.39, 0.29) is 5.41 Å². The highest BCUT2D eigenvalue weighted by atomic mass is 16.5. The lowest BCUT2D eigenvalue weighted by molar-refractivity contribution is -0.116. The summed E-state index contributed by atoms with van der Waals surface area (Å²) in [7, 11) is 0. The van der Waals surface area contributed by atoms with Gasteiger partial charge in [-0.1, -0.05) is 37.6 Å². The van der Waals surface area contributed by atoms with Crippen LogP contribution < -0.4 is 5.32 Å². The summed E-state index contributed by atoms with van der Waals surface area (Å²) in [5, 5.41) is 3.79. The Morgan fingerprint density at radius 3 is 2.60 bits per heavy atom. The van der Waals surface area contributed by atoms with Crippen molar-refractivity contribution < 1.29 is 4.74 Å². The van der Waals surface area contributed by atoms with Crippen molar-refractivity contribution in [1.29, 1.82) is 0 Å². The Bertz CT molecular complexity index is 466. The zero-order valence-corrected chi connectivity index (χ0v) is 13.8. The molecule has 0 bridgehead atoms. The number of hydrogen-bond acceptors (Lipinski definition) is 2. The van der Waals surface area contributed by atoms with E-state index in [2.05, 4.69) is 65.1 Å². The fourth-order valence-corrected chi connectivity index (χ4v) is 3.36. The first-order valence-electron chi connectivity index (χ1n) is 7.81. The van der Waals surface area contributed by atoms with Crippen LogP contribution in [0.1, 0.15) is 56.8 Å². The molecule has 1 aromatic rings. The van der Waals surface area contributed by atoms with Gasteiger partial charge in [-0.3, -0.25) is 0 Å². The average Bonchev–Trinajstić information content (AvgIpc) is 2.37. The summed E-state index contributed by atoms with van der Waals surface area (Å²) in [6.07, 6.45) is 1.52. The number of nitrogens with one attached hydrogen (secondary N) is 1. The molecular formula is C18H29NO. The third kappa shape index (κ3) is 2.91. The van der Waals surface area contributed by atoms with Gasteiger partial charge in [0.25, 0.3) is 0 Å². The van der Waals surface area contributed by atoms with Gasteiger partial charge in [0, 0.05) is 24.1 Å². The predicted octanol–water partition coefficient (Wildman–Crippen LogP) is 4.16. The van der Waals surface area contributed by atoms with E-state index in [0.29, 0.717) is 18.2 Å². The van der Waals surface area contributed by atoms with Gasteiger partial charge >= 0.3 is 0 Å². The quantitative estimate of drug-likeness (QED) is 0.871. The molecule has 20 heavy (non-hydrogen) atoms. The number of benzene rings is 1. The van der Waals surface area contributed by atoms with Gasteiger partial charge in [0.15, 0.2) is 0 Å². The van der Waals surface area contributed by atoms with Crippen molar-refractivity contribution in [2.24, 2.45) is 5.41 Å². The molecule has 1 N–H and O–H groups in total. The largest absolute Gasteiger partial charge is 0.378 e. The Hall–Kier alpha value is -0.860. The summed E-state index contributed by atoms with van der Waals surface area (Å²) in [5.41, 5.74) is 4.34. The minimum atomic E-state index is 0.225. The van der Waals surface area contributed by atoms with Crippen molar-refractivity contribution >= 4 is 0 Å². The SMILES string of the molecule is CCOC1CC(NC(C)c2ccc(C)cc2C)C1(C)C. The van der Waals surface area contributed by atoms with Gasteiger partial charge in [-0.15, -0.1) is 0 Å². The van der Waals surface area contributed by atoms with Crippen molar-refractivity contribution in [3.63, 3.8) is 0 Å². The van der Waals surface area contributed by atoms with Gasteiger partial charge < -0.3 is 10.1 Å². The van der Waals surface area contributed by atoms with Gasteiger partial charge in [0.2, 0.25) is 0 Å². The molecular weight excluding hydrogens is 246 g/mol. The van der Waals surface area contributed by atoms with Crippen molar-refractivity contribution in [1.82, 2.24) is 5.32 Å². The molecule has 1 aliphatic rings. The van der Waals surface area contributed by atoms with Crippen molar-refractivity contribution in [2.75, 3.05) is 6.61 Å². The Labute approximate surface area is 123 Å². The van der Waals surface area contributed by atoms with Crippen LogP contribution in [-0.2, 0) is 4.74 Å². The smallest absolute Gasteiger partial charge is 0.0655 e. The minimum Gasteiger partial charge on any atom is -0.378 e. The van der Waals surface area contributed by atoms with E-state index in [1.54, 1.807) is 0 Å². The van der Waals surface area contributed by atoms with Gasteiger partial charge in [-0.25, -0.2) is 0 Å². The molecule has 2 rings (SSSR count). The molecule has 0 amide bonds. The summed E-state index contributed by atoms with van der Waals surface area (Å²) in [5.74, 6) is 0. The monoisotopic (exact) mass is 275 g/mol. The fraction of sp³-hybridized carbons (Fsp3) is 0.667. The van der Waals surface area contributed by atoms with Crippen molar-refractivity contribution in [3.05, 3.63) is 34.9 Å². The van der Waals surface area contributed by atoms with Gasteiger partial charge in [-0.2, -0.15) is 0 Å². The maximum Gasteiger partial charge on any atom is 0.0655 e. The molecule has 112 valence electrons. The van der Waals surface area contributed by atoms with Crippen LogP contribution in [0.15, 0.2) is 18.2 Å². The van der Waals surface area contributed by atoms with Gasteiger partial charge in [0.05, 0.1) is 6.10 Å². The van der Waals surface area contributed by atoms with E-state index in [9.17, 15) is 0 Å². The first-order chi connectivity index (χ1) is 9.36. The van der Waals surface area contributed by atoms with Crippen LogP contribution in [0, 0.1) is 19.3 Å². The zero-order valence-electron chi connectivity index (χ0n) is 13.8. The topological polar surface area (TPSA) is 21.3 Å². The normalized spacial score (nSPS) is 26.1. The summed E-state index contributed by atoms with van der Waals surface area (Å²) in [4.78, 5) is 0. The van der Waals surface area contributed by atoms with E-state index >= 15 is 0 Å². The molecule has 0 aromatic heterocycles. The highest BCUT2D eigenvalue weighted by Gasteiger charge is 2.49. The molecule has 0 aliphatic heterocycles. The van der Waals surface area contributed by atoms with Crippen LogP contribution >= 0.6 is 0 Å². The minimum absolute atomic E-state index is 0.225. The highest BCUT2D eigenvalue weighted by molar-refractivity contribution is 5.32.